The van der Waals surface area contributed by atoms with Crippen LogP contribution in [-0.2, 0) is 19.8 Å². The van der Waals surface area contributed by atoms with Gasteiger partial charge in [-0.15, -0.1) is 0 Å². The van der Waals surface area contributed by atoms with E-state index in [1.807, 2.05) is 24.3 Å². The second-order valence-corrected chi connectivity index (χ2v) is 7.49. The number of nitrogens with two attached hydrogens (primary N) is 1. The number of amides is 3. The number of primary amides is 1. The SMILES string of the molecule is N#C[C@H](CC(N)=O)NC(=O)[C@@H]1CCCN1C(=O)C1(c2ccccc2Cl)CC1. The fourth-order valence-corrected chi connectivity index (χ4v) is 4.04. The molecule has 1 aliphatic carbocycles. The van der Waals surface area contributed by atoms with Gasteiger partial charge < -0.3 is 16.0 Å². The monoisotopic (exact) mass is 388 g/mol. The van der Waals surface area contributed by atoms with Crippen molar-refractivity contribution in [1.29, 1.82) is 5.26 Å². The van der Waals surface area contributed by atoms with Gasteiger partial charge in [-0.2, -0.15) is 5.26 Å². The lowest BCUT2D eigenvalue weighted by atomic mass is 9.93. The number of likely N-dealkylation sites (tertiary alicyclic amines) is 1. The van der Waals surface area contributed by atoms with Gasteiger partial charge in [0.2, 0.25) is 17.7 Å². The van der Waals surface area contributed by atoms with Crippen molar-refractivity contribution >= 4 is 29.3 Å². The molecule has 2 aliphatic rings. The second kappa shape index (κ2) is 7.57. The van der Waals surface area contributed by atoms with Gasteiger partial charge in [-0.3, -0.25) is 14.4 Å². The number of hydrogen-bond donors (Lipinski definition) is 2. The van der Waals surface area contributed by atoms with Crippen LogP contribution in [-0.4, -0.2) is 41.2 Å². The van der Waals surface area contributed by atoms with Crippen LogP contribution in [0.3, 0.4) is 0 Å². The first-order valence-corrected chi connectivity index (χ1v) is 9.31. The lowest BCUT2D eigenvalue weighted by Crippen LogP contribution is -2.51. The molecule has 3 rings (SSSR count). The zero-order valence-corrected chi connectivity index (χ0v) is 15.5. The molecular weight excluding hydrogens is 368 g/mol. The highest BCUT2D eigenvalue weighted by molar-refractivity contribution is 6.31. The molecular formula is C19H21ClN4O3. The quantitative estimate of drug-likeness (QED) is 0.762. The lowest BCUT2D eigenvalue weighted by molar-refractivity contribution is -0.140. The topological polar surface area (TPSA) is 116 Å². The van der Waals surface area contributed by atoms with Crippen molar-refractivity contribution < 1.29 is 14.4 Å². The minimum Gasteiger partial charge on any atom is -0.370 e. The summed E-state index contributed by atoms with van der Waals surface area (Å²) < 4.78 is 0. The highest BCUT2D eigenvalue weighted by atomic mass is 35.5. The van der Waals surface area contributed by atoms with Gasteiger partial charge in [0.15, 0.2) is 0 Å². The first-order valence-electron chi connectivity index (χ1n) is 8.93. The molecule has 3 amide bonds. The Hall–Kier alpha value is -2.59. The minimum absolute atomic E-state index is 0.100. The molecule has 1 aromatic rings. The number of hydrogen-bond acceptors (Lipinski definition) is 4. The second-order valence-electron chi connectivity index (χ2n) is 7.08. The van der Waals surface area contributed by atoms with E-state index in [1.165, 1.54) is 0 Å². The van der Waals surface area contributed by atoms with E-state index in [2.05, 4.69) is 5.32 Å². The van der Waals surface area contributed by atoms with Gasteiger partial charge in [-0.05, 0) is 37.3 Å². The Balaban J connectivity index is 1.75. The Kier molecular flexibility index (Phi) is 5.38. The van der Waals surface area contributed by atoms with Gasteiger partial charge in [0, 0.05) is 11.6 Å². The van der Waals surface area contributed by atoms with Crippen LogP contribution in [0, 0.1) is 11.3 Å². The molecule has 1 heterocycles. The van der Waals surface area contributed by atoms with Crippen LogP contribution in [0.1, 0.15) is 37.7 Å². The zero-order chi connectivity index (χ0) is 19.6. The normalized spacial score (nSPS) is 21.2. The van der Waals surface area contributed by atoms with Gasteiger partial charge in [0.1, 0.15) is 12.1 Å². The van der Waals surface area contributed by atoms with Crippen molar-refractivity contribution in [2.75, 3.05) is 6.54 Å². The summed E-state index contributed by atoms with van der Waals surface area (Å²) in [7, 11) is 0. The third-order valence-electron chi connectivity index (χ3n) is 5.24. The van der Waals surface area contributed by atoms with Crippen molar-refractivity contribution in [3.05, 3.63) is 34.9 Å². The molecule has 0 unspecified atom stereocenters. The summed E-state index contributed by atoms with van der Waals surface area (Å²) in [4.78, 5) is 38.5. The van der Waals surface area contributed by atoms with Crippen molar-refractivity contribution in [1.82, 2.24) is 10.2 Å². The average Bonchev–Trinajstić information content (AvgIpc) is 3.29. The molecule has 0 radical (unpaired) electrons. The number of nitrogens with one attached hydrogen (secondary N) is 1. The van der Waals surface area contributed by atoms with E-state index in [0.717, 1.165) is 5.56 Å². The fraction of sp³-hybridized carbons (Fsp3) is 0.474. The van der Waals surface area contributed by atoms with Gasteiger partial charge in [-0.1, -0.05) is 29.8 Å². The summed E-state index contributed by atoms with van der Waals surface area (Å²) in [6, 6.07) is 7.50. The molecule has 27 heavy (non-hydrogen) atoms. The molecule has 3 N–H and O–H groups in total. The molecule has 1 aliphatic heterocycles. The number of rotatable bonds is 6. The van der Waals surface area contributed by atoms with Gasteiger partial charge in [-0.25, -0.2) is 0 Å². The highest BCUT2D eigenvalue weighted by Crippen LogP contribution is 2.52. The number of benzene rings is 1. The summed E-state index contributed by atoms with van der Waals surface area (Å²) in [5.41, 5.74) is 5.23. The summed E-state index contributed by atoms with van der Waals surface area (Å²) in [5, 5.41) is 12.2. The van der Waals surface area contributed by atoms with E-state index in [4.69, 9.17) is 22.6 Å². The maximum absolute atomic E-state index is 13.3. The third kappa shape index (κ3) is 3.76. The van der Waals surface area contributed by atoms with Crippen LogP contribution in [0.15, 0.2) is 24.3 Å². The number of carbonyl (C=O) groups excluding carboxylic acids is 3. The van der Waals surface area contributed by atoms with E-state index in [0.29, 0.717) is 37.3 Å². The van der Waals surface area contributed by atoms with Crippen LogP contribution in [0.4, 0.5) is 0 Å². The molecule has 2 atom stereocenters. The minimum atomic E-state index is -0.994. The molecule has 1 saturated heterocycles. The van der Waals surface area contributed by atoms with Crippen LogP contribution < -0.4 is 11.1 Å². The molecule has 142 valence electrons. The third-order valence-corrected chi connectivity index (χ3v) is 5.57. The Labute approximate surface area is 162 Å². The predicted molar refractivity (Wildman–Crippen MR) is 98.5 cm³/mol. The smallest absolute Gasteiger partial charge is 0.243 e. The molecule has 0 spiro atoms. The van der Waals surface area contributed by atoms with Crippen LogP contribution in [0.25, 0.3) is 0 Å². The Morgan fingerprint density at radius 2 is 2.07 bits per heavy atom. The number of halogens is 1. The van der Waals surface area contributed by atoms with E-state index in [-0.39, 0.29) is 12.3 Å². The van der Waals surface area contributed by atoms with Gasteiger partial charge in [0.05, 0.1) is 17.9 Å². The molecule has 0 bridgehead atoms. The van der Waals surface area contributed by atoms with E-state index >= 15 is 0 Å². The maximum Gasteiger partial charge on any atom is 0.243 e. The lowest BCUT2D eigenvalue weighted by Gasteiger charge is -2.29. The molecule has 8 heteroatoms. The Bertz CT molecular complexity index is 815. The Morgan fingerprint density at radius 3 is 2.67 bits per heavy atom. The zero-order valence-electron chi connectivity index (χ0n) is 14.8. The number of nitriles is 1. The predicted octanol–water partition coefficient (Wildman–Crippen LogP) is 1.25. The average molecular weight is 389 g/mol. The highest BCUT2D eigenvalue weighted by Gasteiger charge is 2.55. The first-order chi connectivity index (χ1) is 12.9. The Morgan fingerprint density at radius 1 is 1.37 bits per heavy atom. The van der Waals surface area contributed by atoms with Gasteiger partial charge in [0.25, 0.3) is 0 Å². The van der Waals surface area contributed by atoms with E-state index in [1.54, 1.807) is 11.0 Å². The largest absolute Gasteiger partial charge is 0.370 e. The van der Waals surface area contributed by atoms with Crippen LogP contribution in [0.5, 0.6) is 0 Å². The standard InChI is InChI=1S/C19H21ClN4O3/c20-14-5-2-1-4-13(14)19(7-8-19)18(27)24-9-3-6-15(24)17(26)23-12(11-21)10-16(22)25/h1-2,4-5,12,15H,3,6-10H2,(H2,22,25)(H,23,26)/t12-,15-/m0/s1. The van der Waals surface area contributed by atoms with E-state index in [9.17, 15) is 14.4 Å². The van der Waals surface area contributed by atoms with E-state index < -0.39 is 29.3 Å². The number of nitrogens with zero attached hydrogens (tertiary/aromatic N) is 2. The first kappa shape index (κ1) is 19.2. The molecule has 7 nitrogen and oxygen atoms in total. The summed E-state index contributed by atoms with van der Waals surface area (Å²) in [6.07, 6.45) is 2.36. The van der Waals surface area contributed by atoms with Crippen molar-refractivity contribution in [2.24, 2.45) is 5.73 Å². The van der Waals surface area contributed by atoms with Crippen LogP contribution >= 0.6 is 11.6 Å². The summed E-state index contributed by atoms with van der Waals surface area (Å²) in [5.74, 6) is -1.20. The summed E-state index contributed by atoms with van der Waals surface area (Å²) >= 11 is 6.30. The molecule has 1 saturated carbocycles. The fourth-order valence-electron chi connectivity index (χ4n) is 3.73. The van der Waals surface area contributed by atoms with Gasteiger partial charge >= 0.3 is 0 Å². The maximum atomic E-state index is 13.3. The number of carbonyl (C=O) groups is 3. The van der Waals surface area contributed by atoms with Crippen molar-refractivity contribution in [3.63, 3.8) is 0 Å². The van der Waals surface area contributed by atoms with Crippen LogP contribution in [0.2, 0.25) is 5.02 Å². The molecule has 2 fully saturated rings. The summed E-state index contributed by atoms with van der Waals surface area (Å²) in [6.45, 7) is 0.482. The molecule has 1 aromatic carbocycles. The van der Waals surface area contributed by atoms with Crippen molar-refractivity contribution in [3.8, 4) is 6.07 Å². The van der Waals surface area contributed by atoms with Crippen molar-refractivity contribution in [2.45, 2.75) is 49.6 Å². The molecule has 0 aromatic heterocycles.